The van der Waals surface area contributed by atoms with E-state index in [0.717, 1.165) is 10.6 Å². The van der Waals surface area contributed by atoms with Gasteiger partial charge in [-0.25, -0.2) is 8.42 Å². The van der Waals surface area contributed by atoms with Gasteiger partial charge in [0.15, 0.2) is 0 Å². The lowest BCUT2D eigenvalue weighted by Gasteiger charge is -2.28. The maximum atomic E-state index is 12.6. The summed E-state index contributed by atoms with van der Waals surface area (Å²) in [5.41, 5.74) is 0.871. The fraction of sp³-hybridized carbons (Fsp3) is 0.316. The van der Waals surface area contributed by atoms with Crippen molar-refractivity contribution in [1.82, 2.24) is 0 Å². The molecule has 0 saturated carbocycles. The summed E-state index contributed by atoms with van der Waals surface area (Å²) in [4.78, 5) is 12.6. The molecule has 0 spiro atoms. The number of nitrogens with one attached hydrogen (secondary N) is 1. The van der Waals surface area contributed by atoms with E-state index in [2.05, 4.69) is 5.32 Å². The number of hydrogen-bond donors (Lipinski definition) is 1. The number of rotatable bonds is 7. The summed E-state index contributed by atoms with van der Waals surface area (Å²) in [5.74, 6) is 0.227. The molecule has 2 aromatic rings. The largest absolute Gasteiger partial charge is 0.491 e. The van der Waals surface area contributed by atoms with E-state index in [1.807, 2.05) is 13.8 Å². The van der Waals surface area contributed by atoms with Crippen LogP contribution in [-0.4, -0.2) is 32.7 Å². The summed E-state index contributed by atoms with van der Waals surface area (Å²) in [7, 11) is -3.70. The predicted molar refractivity (Wildman–Crippen MR) is 109 cm³/mol. The number of halogens is 1. The first-order valence-corrected chi connectivity index (χ1v) is 10.6. The van der Waals surface area contributed by atoms with Crippen molar-refractivity contribution in [2.45, 2.75) is 32.9 Å². The van der Waals surface area contributed by atoms with Crippen LogP contribution in [0.1, 0.15) is 20.8 Å². The molecule has 0 heterocycles. The first-order valence-electron chi connectivity index (χ1n) is 8.40. The number of hydrogen-bond acceptors (Lipinski definition) is 4. The molecule has 2 aromatic carbocycles. The Morgan fingerprint density at radius 3 is 2.26 bits per heavy atom. The lowest BCUT2D eigenvalue weighted by molar-refractivity contribution is -0.116. The van der Waals surface area contributed by atoms with Crippen molar-refractivity contribution in [1.29, 1.82) is 0 Å². The maximum Gasteiger partial charge on any atom is 0.247 e. The summed E-state index contributed by atoms with van der Waals surface area (Å²) in [6, 6.07) is 12.3. The van der Waals surface area contributed by atoms with E-state index in [4.69, 9.17) is 16.3 Å². The SMILES string of the molecule is CC(C)Oc1ccc(NC(=O)C(C)N(c2cccc(Cl)c2)S(C)(=O)=O)cc1. The van der Waals surface area contributed by atoms with Crippen LogP contribution < -0.4 is 14.4 Å². The van der Waals surface area contributed by atoms with E-state index in [1.54, 1.807) is 42.5 Å². The van der Waals surface area contributed by atoms with Crippen molar-refractivity contribution in [2.75, 3.05) is 15.9 Å². The Balaban J connectivity index is 2.20. The Hall–Kier alpha value is -2.25. The number of anilines is 2. The molecule has 0 saturated heterocycles. The molecule has 0 fully saturated rings. The van der Waals surface area contributed by atoms with Crippen LogP contribution in [0.2, 0.25) is 5.02 Å². The third-order valence-electron chi connectivity index (χ3n) is 3.64. The van der Waals surface area contributed by atoms with Crippen LogP contribution in [0.3, 0.4) is 0 Å². The number of carbonyl (C=O) groups is 1. The van der Waals surface area contributed by atoms with Gasteiger partial charge in [0, 0.05) is 10.7 Å². The highest BCUT2D eigenvalue weighted by Crippen LogP contribution is 2.25. The molecule has 8 heteroatoms. The van der Waals surface area contributed by atoms with E-state index >= 15 is 0 Å². The average Bonchev–Trinajstić information content (AvgIpc) is 2.55. The summed E-state index contributed by atoms with van der Waals surface area (Å²) in [6.45, 7) is 5.37. The highest BCUT2D eigenvalue weighted by atomic mass is 35.5. The minimum atomic E-state index is -3.70. The lowest BCUT2D eigenvalue weighted by atomic mass is 10.2. The minimum Gasteiger partial charge on any atom is -0.491 e. The summed E-state index contributed by atoms with van der Waals surface area (Å²) >= 11 is 5.97. The normalized spacial score (nSPS) is 12.5. The zero-order valence-corrected chi connectivity index (χ0v) is 17.2. The standard InChI is InChI=1S/C19H23ClN2O4S/c1-13(2)26-18-10-8-16(9-11-18)21-19(23)14(3)22(27(4,24)25)17-7-5-6-15(20)12-17/h5-14H,1-4H3,(H,21,23). The van der Waals surface area contributed by atoms with Crippen molar-refractivity contribution in [3.8, 4) is 5.75 Å². The van der Waals surface area contributed by atoms with Crippen LogP contribution in [0.15, 0.2) is 48.5 Å². The fourth-order valence-corrected chi connectivity index (χ4v) is 3.91. The Labute approximate surface area is 165 Å². The van der Waals surface area contributed by atoms with Gasteiger partial charge in [-0.05, 0) is 63.2 Å². The van der Waals surface area contributed by atoms with E-state index in [0.29, 0.717) is 22.1 Å². The number of ether oxygens (including phenoxy) is 1. The zero-order chi connectivity index (χ0) is 20.2. The molecule has 0 aliphatic heterocycles. The highest BCUT2D eigenvalue weighted by Gasteiger charge is 2.29. The lowest BCUT2D eigenvalue weighted by Crippen LogP contribution is -2.45. The predicted octanol–water partition coefficient (Wildman–Crippen LogP) is 3.92. The van der Waals surface area contributed by atoms with Crippen molar-refractivity contribution in [3.05, 3.63) is 53.6 Å². The topological polar surface area (TPSA) is 75.7 Å². The number of carbonyl (C=O) groups excluding carboxylic acids is 1. The molecule has 0 aliphatic carbocycles. The van der Waals surface area contributed by atoms with Crippen LogP contribution in [0, 0.1) is 0 Å². The van der Waals surface area contributed by atoms with Crippen LogP contribution >= 0.6 is 11.6 Å². The molecular formula is C19H23ClN2O4S. The van der Waals surface area contributed by atoms with Crippen LogP contribution in [0.5, 0.6) is 5.75 Å². The molecule has 1 N–H and O–H groups in total. The van der Waals surface area contributed by atoms with Gasteiger partial charge >= 0.3 is 0 Å². The van der Waals surface area contributed by atoms with Gasteiger partial charge in [-0.1, -0.05) is 17.7 Å². The number of nitrogens with zero attached hydrogens (tertiary/aromatic N) is 1. The Morgan fingerprint density at radius 1 is 1.11 bits per heavy atom. The zero-order valence-electron chi connectivity index (χ0n) is 15.6. The fourth-order valence-electron chi connectivity index (χ4n) is 2.56. The minimum absolute atomic E-state index is 0.0477. The maximum absolute atomic E-state index is 12.6. The second-order valence-corrected chi connectivity index (χ2v) is 8.69. The third-order valence-corrected chi connectivity index (χ3v) is 5.12. The quantitative estimate of drug-likeness (QED) is 0.750. The second kappa shape index (κ2) is 8.63. The smallest absolute Gasteiger partial charge is 0.247 e. The molecule has 2 rings (SSSR count). The van der Waals surface area contributed by atoms with E-state index in [-0.39, 0.29) is 6.10 Å². The van der Waals surface area contributed by atoms with Gasteiger partial charge in [-0.2, -0.15) is 0 Å². The van der Waals surface area contributed by atoms with Crippen LogP contribution in [0.4, 0.5) is 11.4 Å². The van der Waals surface area contributed by atoms with E-state index in [9.17, 15) is 13.2 Å². The summed E-state index contributed by atoms with van der Waals surface area (Å²) in [5, 5.41) is 3.11. The molecule has 1 atom stereocenters. The Morgan fingerprint density at radius 2 is 1.74 bits per heavy atom. The van der Waals surface area contributed by atoms with Gasteiger partial charge in [0.25, 0.3) is 0 Å². The summed E-state index contributed by atoms with van der Waals surface area (Å²) in [6.07, 6.45) is 1.10. The van der Waals surface area contributed by atoms with Gasteiger partial charge in [0.1, 0.15) is 11.8 Å². The van der Waals surface area contributed by atoms with Crippen molar-refractivity contribution in [2.24, 2.45) is 0 Å². The third kappa shape index (κ3) is 5.87. The van der Waals surface area contributed by atoms with Gasteiger partial charge in [-0.15, -0.1) is 0 Å². The molecule has 1 amide bonds. The van der Waals surface area contributed by atoms with E-state index < -0.39 is 22.0 Å². The second-order valence-electron chi connectivity index (χ2n) is 6.39. The Kier molecular flexibility index (Phi) is 6.73. The van der Waals surface area contributed by atoms with Crippen LogP contribution in [0.25, 0.3) is 0 Å². The van der Waals surface area contributed by atoms with Gasteiger partial charge in [-0.3, -0.25) is 9.10 Å². The molecule has 0 aromatic heterocycles. The highest BCUT2D eigenvalue weighted by molar-refractivity contribution is 7.92. The molecular weight excluding hydrogens is 388 g/mol. The molecule has 0 aliphatic rings. The average molecular weight is 411 g/mol. The first kappa shape index (κ1) is 21.1. The molecule has 6 nitrogen and oxygen atoms in total. The van der Waals surface area contributed by atoms with Gasteiger partial charge < -0.3 is 10.1 Å². The monoisotopic (exact) mass is 410 g/mol. The number of amides is 1. The van der Waals surface area contributed by atoms with Gasteiger partial charge in [0.05, 0.1) is 18.0 Å². The number of benzene rings is 2. The molecule has 0 bridgehead atoms. The Bertz CT molecular complexity index is 898. The van der Waals surface area contributed by atoms with Crippen LogP contribution in [-0.2, 0) is 14.8 Å². The summed E-state index contributed by atoms with van der Waals surface area (Å²) < 4.78 is 31.2. The first-order chi connectivity index (χ1) is 12.6. The molecule has 1 unspecified atom stereocenters. The number of sulfonamides is 1. The van der Waals surface area contributed by atoms with Crippen molar-refractivity contribution < 1.29 is 17.9 Å². The molecule has 146 valence electrons. The van der Waals surface area contributed by atoms with Crippen molar-refractivity contribution >= 4 is 38.9 Å². The van der Waals surface area contributed by atoms with Gasteiger partial charge in [0.2, 0.25) is 15.9 Å². The molecule has 0 radical (unpaired) electrons. The van der Waals surface area contributed by atoms with Crippen molar-refractivity contribution in [3.63, 3.8) is 0 Å². The molecule has 27 heavy (non-hydrogen) atoms. The van der Waals surface area contributed by atoms with E-state index in [1.165, 1.54) is 13.0 Å².